The molecule has 1 saturated carbocycles. The highest BCUT2D eigenvalue weighted by Crippen LogP contribution is 2.42. The van der Waals surface area contributed by atoms with Gasteiger partial charge in [0.1, 0.15) is 6.61 Å². The van der Waals surface area contributed by atoms with Gasteiger partial charge in [0.25, 0.3) is 12.4 Å². The summed E-state index contributed by atoms with van der Waals surface area (Å²) in [5, 5.41) is 12.2. The maximum atomic E-state index is 10.4. The summed E-state index contributed by atoms with van der Waals surface area (Å²) >= 11 is 0. The van der Waals surface area contributed by atoms with Gasteiger partial charge in [-0.25, -0.2) is 0 Å². The highest BCUT2D eigenvalue weighted by Gasteiger charge is 2.33. The van der Waals surface area contributed by atoms with E-state index in [9.17, 15) is 14.4 Å². The first-order valence-electron chi connectivity index (χ1n) is 18.7. The molecule has 0 aromatic heterocycles. The third kappa shape index (κ3) is 61.0. The number of hydrogen-bond acceptors (Lipinski definition) is 7. The fourth-order valence-corrected chi connectivity index (χ4v) is 4.81. The number of aliphatic carboxylic acids is 1. The number of benzene rings is 2. The molecule has 1 aliphatic carbocycles. The molecule has 3 N–H and O–H groups in total. The summed E-state index contributed by atoms with van der Waals surface area (Å²) in [6.07, 6.45) is 6.58. The van der Waals surface area contributed by atoms with Gasteiger partial charge < -0.3 is 25.2 Å². The Morgan fingerprint density at radius 1 is 0.754 bits per heavy atom. The molecule has 10 heteroatoms. The van der Waals surface area contributed by atoms with Crippen molar-refractivity contribution in [2.75, 3.05) is 27.8 Å². The minimum atomic E-state index is -0.833. The zero-order valence-electron chi connectivity index (χ0n) is 37.1. The normalized spacial score (nSPS) is 14.5. The Hall–Kier alpha value is -4.47. The maximum Gasteiger partial charge on any atom is 0.302 e. The Bertz CT molecular complexity index is 1150. The number of carboxylic acid groups (broad SMARTS) is 1. The Labute approximate surface area is 352 Å². The lowest BCUT2D eigenvalue weighted by atomic mass is 9.88. The maximum absolute atomic E-state index is 10.4. The van der Waals surface area contributed by atoms with Gasteiger partial charge in [0.2, 0.25) is 11.8 Å². The van der Waals surface area contributed by atoms with Crippen molar-refractivity contribution in [3.05, 3.63) is 76.9 Å². The molecular weight excluding hydrogens is 721 g/mol. The number of rotatable bonds is 5. The lowest BCUT2D eigenvalue weighted by Gasteiger charge is -2.18. The topological polar surface area (TPSA) is 148 Å². The molecule has 10 nitrogen and oxygen atoms in total. The average Bonchev–Trinajstić information content (AvgIpc) is 3.38. The van der Waals surface area contributed by atoms with Crippen molar-refractivity contribution >= 4 is 36.3 Å². The average molecular weight is 811 g/mol. The SMILES string of the molecule is C.C.C.CC.CC.CC(=O)O.CC(=O)OC/C=C/c1ccccc1.CCC1C(C)CC(C)C1C.CNC(C)=O.CNC(C)=O.COC=O.Cc1cc(C)cc(C)c1. The van der Waals surface area contributed by atoms with E-state index in [-0.39, 0.29) is 40.1 Å². The monoisotopic (exact) mass is 811 g/mol. The zero-order chi connectivity index (χ0) is 43.7. The lowest BCUT2D eigenvalue weighted by molar-refractivity contribution is -0.139. The van der Waals surface area contributed by atoms with Gasteiger partial charge in [0.05, 0.1) is 7.11 Å². The molecule has 0 aliphatic heterocycles. The molecular formula is C47H90N2O8. The number of aryl methyl sites for hydroxylation is 3. The summed E-state index contributed by atoms with van der Waals surface area (Å²) in [6.45, 7) is 30.1. The minimum absolute atomic E-state index is 0. The van der Waals surface area contributed by atoms with E-state index in [0.717, 1.165) is 36.2 Å². The zero-order valence-corrected chi connectivity index (χ0v) is 37.1. The van der Waals surface area contributed by atoms with Crippen LogP contribution < -0.4 is 10.6 Å². The Kier molecular flexibility index (Phi) is 69.3. The molecule has 0 heterocycles. The molecule has 0 spiro atoms. The number of carboxylic acids is 1. The summed E-state index contributed by atoms with van der Waals surface area (Å²) in [6, 6.07) is 16.4. The summed E-state index contributed by atoms with van der Waals surface area (Å²) in [5.74, 6) is 2.86. The number of carbonyl (C=O) groups excluding carboxylic acids is 4. The van der Waals surface area contributed by atoms with Crippen LogP contribution in [0.4, 0.5) is 0 Å². The molecule has 0 radical (unpaired) electrons. The van der Waals surface area contributed by atoms with Crippen molar-refractivity contribution in [1.29, 1.82) is 0 Å². The molecule has 0 saturated heterocycles. The van der Waals surface area contributed by atoms with Gasteiger partial charge in [0.15, 0.2) is 0 Å². The summed E-state index contributed by atoms with van der Waals surface area (Å²) in [5.41, 5.74) is 5.17. The van der Waals surface area contributed by atoms with Gasteiger partial charge in [-0.1, -0.05) is 155 Å². The van der Waals surface area contributed by atoms with Crippen LogP contribution in [-0.4, -0.2) is 63.1 Å². The first-order chi connectivity index (χ1) is 25.3. The molecule has 0 bridgehead atoms. The number of amides is 2. The molecule has 336 valence electrons. The van der Waals surface area contributed by atoms with Gasteiger partial charge in [-0.15, -0.1) is 0 Å². The first kappa shape index (κ1) is 73.6. The molecule has 2 aromatic carbocycles. The van der Waals surface area contributed by atoms with Crippen LogP contribution in [0.2, 0.25) is 0 Å². The van der Waals surface area contributed by atoms with Crippen molar-refractivity contribution in [3.8, 4) is 0 Å². The second-order valence-corrected chi connectivity index (χ2v) is 11.9. The first-order valence-corrected chi connectivity index (χ1v) is 18.7. The van der Waals surface area contributed by atoms with Crippen LogP contribution in [0.5, 0.6) is 0 Å². The van der Waals surface area contributed by atoms with E-state index in [2.05, 4.69) is 82.0 Å². The molecule has 4 atom stereocenters. The number of carbonyl (C=O) groups is 5. The predicted molar refractivity (Wildman–Crippen MR) is 247 cm³/mol. The third-order valence-corrected chi connectivity index (χ3v) is 7.18. The van der Waals surface area contributed by atoms with E-state index >= 15 is 0 Å². The van der Waals surface area contributed by atoms with Crippen molar-refractivity contribution in [2.45, 2.75) is 139 Å². The van der Waals surface area contributed by atoms with E-state index < -0.39 is 5.97 Å². The summed E-state index contributed by atoms with van der Waals surface area (Å²) in [4.78, 5) is 47.8. The second-order valence-electron chi connectivity index (χ2n) is 11.9. The number of ether oxygens (including phenoxy) is 2. The largest absolute Gasteiger partial charge is 0.481 e. The number of esters is 1. The second kappa shape index (κ2) is 53.6. The van der Waals surface area contributed by atoms with Crippen LogP contribution in [-0.2, 0) is 33.4 Å². The molecule has 1 aliphatic rings. The van der Waals surface area contributed by atoms with E-state index in [4.69, 9.17) is 19.4 Å². The summed E-state index contributed by atoms with van der Waals surface area (Å²) < 4.78 is 8.60. The van der Waals surface area contributed by atoms with Crippen molar-refractivity contribution in [3.63, 3.8) is 0 Å². The van der Waals surface area contributed by atoms with Gasteiger partial charge in [-0.05, 0) is 62.5 Å². The standard InChI is InChI=1S/C11H12O2.C10H20.C9H12.2C3H7NO.2C2H4O2.2C2H6.3CH4/c1-10(12)13-9-5-8-11-6-3-2-4-7-11;1-5-10-8(3)6-7(2)9(10)4;1-7-4-8(2)6-9(3)5-7;2*1-3(5)4-2;1-4-2-3;1-2(3)4;2*1-2;;;/h2-8H,9H2,1H3;7-10H,5-6H2,1-4H3;4-6H,1-3H3;2*1-2H3,(H,4,5);2H,1H3;1H3,(H,3,4);2*1-2H3;3*1H4/b8-5+;;;;;;;;;;;. The van der Waals surface area contributed by atoms with Crippen molar-refractivity contribution in [1.82, 2.24) is 10.6 Å². The third-order valence-electron chi connectivity index (χ3n) is 7.18. The van der Waals surface area contributed by atoms with Crippen molar-refractivity contribution in [2.24, 2.45) is 23.7 Å². The lowest BCUT2D eigenvalue weighted by Crippen LogP contribution is -2.11. The van der Waals surface area contributed by atoms with Gasteiger partial charge in [0, 0.05) is 41.8 Å². The van der Waals surface area contributed by atoms with Crippen LogP contribution in [0.1, 0.15) is 140 Å². The smallest absolute Gasteiger partial charge is 0.302 e. The van der Waals surface area contributed by atoms with Crippen molar-refractivity contribution < 1.29 is 38.6 Å². The van der Waals surface area contributed by atoms with Gasteiger partial charge in [-0.2, -0.15) is 0 Å². The van der Waals surface area contributed by atoms with E-state index in [1.165, 1.54) is 57.4 Å². The molecule has 1 fully saturated rings. The molecule has 4 unspecified atom stereocenters. The van der Waals surface area contributed by atoms with Crippen LogP contribution in [0.15, 0.2) is 54.6 Å². The molecule has 2 amide bonds. The fraction of sp³-hybridized carbons (Fsp3) is 0.596. The predicted octanol–water partition coefficient (Wildman–Crippen LogP) is 11.5. The Morgan fingerprint density at radius 2 is 1.09 bits per heavy atom. The highest BCUT2D eigenvalue weighted by atomic mass is 16.5. The molecule has 57 heavy (non-hydrogen) atoms. The number of hydrogen-bond donors (Lipinski definition) is 3. The Balaban J connectivity index is -0.0000000685. The minimum Gasteiger partial charge on any atom is -0.481 e. The quantitative estimate of drug-likeness (QED) is 0.200. The van der Waals surface area contributed by atoms with Crippen LogP contribution >= 0.6 is 0 Å². The summed E-state index contributed by atoms with van der Waals surface area (Å²) in [7, 11) is 4.51. The Morgan fingerprint density at radius 3 is 1.30 bits per heavy atom. The fourth-order valence-electron chi connectivity index (χ4n) is 4.81. The van der Waals surface area contributed by atoms with Crippen LogP contribution in [0.25, 0.3) is 6.08 Å². The van der Waals surface area contributed by atoms with Crippen LogP contribution in [0.3, 0.4) is 0 Å². The molecule has 2 aromatic rings. The molecule has 3 rings (SSSR count). The van der Waals surface area contributed by atoms with Gasteiger partial charge in [-0.3, -0.25) is 24.0 Å². The van der Waals surface area contributed by atoms with E-state index in [1.54, 1.807) is 14.1 Å². The number of nitrogens with one attached hydrogen (secondary N) is 2. The number of methoxy groups -OCH3 is 1. The van der Waals surface area contributed by atoms with Crippen LogP contribution in [0, 0.1) is 44.4 Å². The van der Waals surface area contributed by atoms with E-state index in [1.807, 2.05) is 70.2 Å². The highest BCUT2D eigenvalue weighted by molar-refractivity contribution is 5.72. The van der Waals surface area contributed by atoms with Gasteiger partial charge >= 0.3 is 5.97 Å². The van der Waals surface area contributed by atoms with E-state index in [0.29, 0.717) is 13.1 Å².